The lowest BCUT2D eigenvalue weighted by molar-refractivity contribution is 0.0995. The molecule has 1 aromatic rings. The van der Waals surface area contributed by atoms with Crippen molar-refractivity contribution in [3.05, 3.63) is 22.8 Å². The van der Waals surface area contributed by atoms with Gasteiger partial charge in [-0.2, -0.15) is 11.8 Å². The Labute approximate surface area is 120 Å². The largest absolute Gasteiger partial charge is 0.383 e. The topological polar surface area (TPSA) is 56.0 Å². The van der Waals surface area contributed by atoms with Crippen molar-refractivity contribution >= 4 is 46.7 Å². The van der Waals surface area contributed by atoms with Crippen LogP contribution < -0.4 is 5.73 Å². The molecule has 2 heterocycles. The molecule has 0 saturated carbocycles. The van der Waals surface area contributed by atoms with Crippen LogP contribution >= 0.6 is 35.1 Å². The minimum Gasteiger partial charge on any atom is -0.383 e. The predicted octanol–water partition coefficient (Wildman–Crippen LogP) is 3.13. The molecule has 18 heavy (non-hydrogen) atoms. The number of nitrogen functional groups attached to an aromatic ring is 1. The highest BCUT2D eigenvalue weighted by Crippen LogP contribution is 2.37. The van der Waals surface area contributed by atoms with E-state index in [2.05, 4.69) is 18.8 Å². The van der Waals surface area contributed by atoms with Gasteiger partial charge in [0.15, 0.2) is 5.78 Å². The third-order valence-electron chi connectivity index (χ3n) is 2.99. The summed E-state index contributed by atoms with van der Waals surface area (Å²) in [5.74, 6) is 1.13. The van der Waals surface area contributed by atoms with Crippen LogP contribution in [0.5, 0.6) is 0 Å². The molecule has 3 nitrogen and oxygen atoms in total. The van der Waals surface area contributed by atoms with Crippen molar-refractivity contribution in [3.8, 4) is 0 Å². The van der Waals surface area contributed by atoms with Crippen molar-refractivity contribution in [2.75, 3.05) is 11.5 Å². The highest BCUT2D eigenvalue weighted by atomic mass is 35.5. The van der Waals surface area contributed by atoms with Gasteiger partial charge in [0.1, 0.15) is 5.82 Å². The summed E-state index contributed by atoms with van der Waals surface area (Å²) in [4.78, 5) is 16.3. The average Bonchev–Trinajstić information content (AvgIpc) is 2.35. The van der Waals surface area contributed by atoms with Crippen LogP contribution in [0.15, 0.2) is 12.3 Å². The molecule has 3 atom stereocenters. The summed E-state index contributed by atoms with van der Waals surface area (Å²) in [6.07, 6.45) is 1.46. The van der Waals surface area contributed by atoms with E-state index in [1.54, 1.807) is 17.8 Å². The van der Waals surface area contributed by atoms with Gasteiger partial charge in [-0.05, 0) is 6.07 Å². The Morgan fingerprint density at radius 2 is 2.22 bits per heavy atom. The SMILES string of the molecule is CC1SCC(C(=O)c2cc(Cl)cnc2N)SC1C. The summed E-state index contributed by atoms with van der Waals surface area (Å²) in [5, 5.41) is 1.44. The number of ketones is 1. The molecule has 0 aliphatic carbocycles. The fourth-order valence-electron chi connectivity index (χ4n) is 1.74. The van der Waals surface area contributed by atoms with Crippen LogP contribution in [0.25, 0.3) is 0 Å². The Morgan fingerprint density at radius 3 is 2.89 bits per heavy atom. The highest BCUT2D eigenvalue weighted by Gasteiger charge is 2.31. The van der Waals surface area contributed by atoms with E-state index in [0.29, 0.717) is 21.1 Å². The number of carbonyl (C=O) groups excluding carboxylic acids is 1. The fraction of sp³-hybridized carbons (Fsp3) is 0.500. The van der Waals surface area contributed by atoms with Crippen LogP contribution in [-0.4, -0.2) is 32.3 Å². The smallest absolute Gasteiger partial charge is 0.180 e. The molecular weight excluding hydrogens is 288 g/mol. The van der Waals surface area contributed by atoms with E-state index in [0.717, 1.165) is 5.75 Å². The molecule has 1 aromatic heterocycles. The zero-order valence-electron chi connectivity index (χ0n) is 10.2. The number of rotatable bonds is 2. The molecule has 1 aliphatic rings. The number of nitrogens with two attached hydrogens (primary N) is 1. The Hall–Kier alpha value is -0.390. The van der Waals surface area contributed by atoms with Crippen LogP contribution in [0.3, 0.4) is 0 Å². The van der Waals surface area contributed by atoms with Crippen molar-refractivity contribution in [2.45, 2.75) is 29.6 Å². The Kier molecular flexibility index (Phi) is 4.45. The molecule has 6 heteroatoms. The summed E-state index contributed by atoms with van der Waals surface area (Å²) >= 11 is 9.42. The van der Waals surface area contributed by atoms with Crippen molar-refractivity contribution in [1.82, 2.24) is 4.98 Å². The quantitative estimate of drug-likeness (QED) is 0.851. The first kappa shape index (κ1) is 14.0. The van der Waals surface area contributed by atoms with Gasteiger partial charge < -0.3 is 5.73 Å². The Bertz CT molecular complexity index is 469. The van der Waals surface area contributed by atoms with Gasteiger partial charge in [-0.25, -0.2) is 4.98 Å². The van der Waals surface area contributed by atoms with E-state index < -0.39 is 0 Å². The number of Topliss-reactive ketones (excluding diaryl/α,β-unsaturated/α-hetero) is 1. The van der Waals surface area contributed by atoms with Crippen LogP contribution in [0.4, 0.5) is 5.82 Å². The maximum atomic E-state index is 12.4. The molecule has 0 spiro atoms. The van der Waals surface area contributed by atoms with Crippen molar-refractivity contribution in [1.29, 1.82) is 0 Å². The second kappa shape index (κ2) is 5.72. The summed E-state index contributed by atoms with van der Waals surface area (Å²) in [6, 6.07) is 1.61. The normalized spacial score (nSPS) is 28.1. The van der Waals surface area contributed by atoms with Gasteiger partial charge in [0.05, 0.1) is 15.8 Å². The summed E-state index contributed by atoms with van der Waals surface area (Å²) in [6.45, 7) is 4.35. The number of aromatic nitrogens is 1. The van der Waals surface area contributed by atoms with E-state index in [-0.39, 0.29) is 16.9 Å². The van der Waals surface area contributed by atoms with Gasteiger partial charge in [-0.1, -0.05) is 25.4 Å². The zero-order valence-corrected chi connectivity index (χ0v) is 12.6. The predicted molar refractivity (Wildman–Crippen MR) is 80.8 cm³/mol. The lowest BCUT2D eigenvalue weighted by Gasteiger charge is -2.30. The number of hydrogen-bond donors (Lipinski definition) is 1. The van der Waals surface area contributed by atoms with E-state index in [1.165, 1.54) is 6.20 Å². The van der Waals surface area contributed by atoms with Crippen LogP contribution in [0, 0.1) is 0 Å². The number of halogens is 1. The van der Waals surface area contributed by atoms with Crippen LogP contribution in [0.1, 0.15) is 24.2 Å². The number of carbonyl (C=O) groups is 1. The van der Waals surface area contributed by atoms with Crippen molar-refractivity contribution < 1.29 is 4.79 Å². The first-order valence-electron chi connectivity index (χ1n) is 5.71. The summed E-state index contributed by atoms with van der Waals surface area (Å²) in [5.41, 5.74) is 6.20. The molecule has 3 unspecified atom stereocenters. The molecule has 1 aliphatic heterocycles. The molecule has 98 valence electrons. The lowest BCUT2D eigenvalue weighted by atomic mass is 10.1. The molecule has 1 saturated heterocycles. The molecular formula is C12H15ClN2OS2. The van der Waals surface area contributed by atoms with Crippen molar-refractivity contribution in [3.63, 3.8) is 0 Å². The Balaban J connectivity index is 2.19. The maximum absolute atomic E-state index is 12.4. The van der Waals surface area contributed by atoms with Gasteiger partial charge in [0.25, 0.3) is 0 Å². The van der Waals surface area contributed by atoms with Gasteiger partial charge in [-0.15, -0.1) is 11.8 Å². The molecule has 0 amide bonds. The van der Waals surface area contributed by atoms with E-state index in [4.69, 9.17) is 17.3 Å². The molecule has 1 fully saturated rings. The first-order valence-corrected chi connectivity index (χ1v) is 8.08. The minimum absolute atomic E-state index is 0.0405. The number of pyridine rings is 1. The Morgan fingerprint density at radius 1 is 1.50 bits per heavy atom. The number of hydrogen-bond acceptors (Lipinski definition) is 5. The number of anilines is 1. The van der Waals surface area contributed by atoms with Crippen LogP contribution in [-0.2, 0) is 0 Å². The van der Waals surface area contributed by atoms with Gasteiger partial charge in [0.2, 0.25) is 0 Å². The van der Waals surface area contributed by atoms with Gasteiger partial charge in [-0.3, -0.25) is 4.79 Å². The zero-order chi connectivity index (χ0) is 13.3. The standard InChI is InChI=1S/C12H15ClN2OS2/c1-6-7(2)18-10(5-17-6)11(16)9-3-8(13)4-15-12(9)14/h3-4,6-7,10H,5H2,1-2H3,(H2,14,15). The number of nitrogens with zero attached hydrogens (tertiary/aromatic N) is 1. The molecule has 0 bridgehead atoms. The summed E-state index contributed by atoms with van der Waals surface area (Å²) in [7, 11) is 0. The maximum Gasteiger partial charge on any atom is 0.180 e. The molecule has 0 radical (unpaired) electrons. The van der Waals surface area contributed by atoms with E-state index in [9.17, 15) is 4.79 Å². The molecule has 2 N–H and O–H groups in total. The second-order valence-electron chi connectivity index (χ2n) is 4.32. The highest BCUT2D eigenvalue weighted by molar-refractivity contribution is 8.08. The summed E-state index contributed by atoms with van der Waals surface area (Å²) < 4.78 is 0. The third-order valence-corrected chi connectivity index (χ3v) is 6.59. The monoisotopic (exact) mass is 302 g/mol. The molecule has 0 aromatic carbocycles. The second-order valence-corrected chi connectivity index (χ2v) is 7.75. The molecule has 2 rings (SSSR count). The lowest BCUT2D eigenvalue weighted by Crippen LogP contribution is -2.32. The van der Waals surface area contributed by atoms with E-state index >= 15 is 0 Å². The minimum atomic E-state index is -0.0521. The fourth-order valence-corrected chi connectivity index (χ4v) is 4.77. The van der Waals surface area contributed by atoms with Crippen molar-refractivity contribution in [2.24, 2.45) is 0 Å². The van der Waals surface area contributed by atoms with Gasteiger partial charge in [0, 0.05) is 22.4 Å². The number of thioether (sulfide) groups is 2. The first-order chi connectivity index (χ1) is 8.49. The average molecular weight is 303 g/mol. The van der Waals surface area contributed by atoms with Gasteiger partial charge >= 0.3 is 0 Å². The van der Waals surface area contributed by atoms with E-state index in [1.807, 2.05) is 11.8 Å². The third kappa shape index (κ3) is 2.95. The van der Waals surface area contributed by atoms with Crippen LogP contribution in [0.2, 0.25) is 5.02 Å².